The second-order valence-corrected chi connectivity index (χ2v) is 5.00. The van der Waals surface area contributed by atoms with E-state index in [1.165, 1.54) is 12.1 Å². The van der Waals surface area contributed by atoms with Crippen molar-refractivity contribution in [1.82, 2.24) is 0 Å². The molecule has 0 heterocycles. The number of carbonyl (C=O) groups excluding carboxylic acids is 1. The Kier molecular flexibility index (Phi) is 3.33. The molecule has 1 aliphatic carbocycles. The molecule has 0 bridgehead atoms. The van der Waals surface area contributed by atoms with E-state index in [2.05, 4.69) is 5.32 Å². The number of nitrogens with zero attached hydrogens (tertiary/aromatic N) is 1. The molecular weight excluding hydrogens is 231 g/mol. The van der Waals surface area contributed by atoms with Crippen molar-refractivity contribution in [3.8, 4) is 6.07 Å². The molecule has 0 radical (unpaired) electrons. The van der Waals surface area contributed by atoms with Crippen LogP contribution in [-0.2, 0) is 4.79 Å². The number of hydrogen-bond acceptors (Lipinski definition) is 2. The van der Waals surface area contributed by atoms with E-state index in [9.17, 15) is 9.18 Å². The number of carbonyl (C=O) groups is 1. The first-order chi connectivity index (χ1) is 8.57. The van der Waals surface area contributed by atoms with Crippen LogP contribution in [0, 0.1) is 22.6 Å². The van der Waals surface area contributed by atoms with Gasteiger partial charge in [0.15, 0.2) is 0 Å². The second kappa shape index (κ2) is 4.77. The summed E-state index contributed by atoms with van der Waals surface area (Å²) in [6.07, 6.45) is 3.77. The van der Waals surface area contributed by atoms with Crippen LogP contribution in [0.3, 0.4) is 0 Å². The van der Waals surface area contributed by atoms with Gasteiger partial charge in [-0.25, -0.2) is 4.39 Å². The first kappa shape index (κ1) is 12.6. The number of benzene rings is 1. The van der Waals surface area contributed by atoms with Gasteiger partial charge in [0.1, 0.15) is 17.4 Å². The predicted octanol–water partition coefficient (Wildman–Crippen LogP) is 3.22. The van der Waals surface area contributed by atoms with Gasteiger partial charge in [0.05, 0.1) is 5.69 Å². The molecule has 1 amide bonds. The zero-order valence-corrected chi connectivity index (χ0v) is 10.3. The van der Waals surface area contributed by atoms with E-state index >= 15 is 0 Å². The Bertz CT molecular complexity index is 513. The Morgan fingerprint density at radius 1 is 1.44 bits per heavy atom. The Balaban J connectivity index is 2.22. The number of nitriles is 1. The number of amides is 1. The van der Waals surface area contributed by atoms with Gasteiger partial charge in [-0.15, -0.1) is 0 Å². The van der Waals surface area contributed by atoms with E-state index in [-0.39, 0.29) is 22.6 Å². The van der Waals surface area contributed by atoms with E-state index < -0.39 is 5.82 Å². The summed E-state index contributed by atoms with van der Waals surface area (Å²) in [7, 11) is 0. The summed E-state index contributed by atoms with van der Waals surface area (Å²) in [6, 6.07) is 6.04. The molecule has 3 nitrogen and oxygen atoms in total. The maximum absolute atomic E-state index is 13.4. The van der Waals surface area contributed by atoms with Crippen molar-refractivity contribution in [1.29, 1.82) is 5.26 Å². The lowest BCUT2D eigenvalue weighted by Gasteiger charge is -2.22. The van der Waals surface area contributed by atoms with Gasteiger partial charge < -0.3 is 5.32 Å². The standard InChI is InChI=1S/C14H15FN2O/c1-14(7-2-3-8-14)13(18)17-12-6-4-5-11(15)10(12)9-16/h4-6H,2-3,7-8H2,1H3,(H,17,18). The number of anilines is 1. The molecule has 0 spiro atoms. The van der Waals surface area contributed by atoms with Crippen LogP contribution < -0.4 is 5.32 Å². The van der Waals surface area contributed by atoms with Crippen molar-refractivity contribution in [3.05, 3.63) is 29.6 Å². The number of hydrogen-bond donors (Lipinski definition) is 1. The van der Waals surface area contributed by atoms with Gasteiger partial charge in [0.25, 0.3) is 0 Å². The normalized spacial score (nSPS) is 17.2. The van der Waals surface area contributed by atoms with E-state index in [1.807, 2.05) is 6.92 Å². The Labute approximate surface area is 106 Å². The SMILES string of the molecule is CC1(C(=O)Nc2cccc(F)c2C#N)CCCC1. The van der Waals surface area contributed by atoms with E-state index in [4.69, 9.17) is 5.26 Å². The van der Waals surface area contributed by atoms with Gasteiger partial charge in [-0.05, 0) is 25.0 Å². The molecule has 1 saturated carbocycles. The summed E-state index contributed by atoms with van der Waals surface area (Å²) < 4.78 is 13.4. The Hall–Kier alpha value is -1.89. The zero-order valence-electron chi connectivity index (χ0n) is 10.3. The van der Waals surface area contributed by atoms with E-state index in [0.29, 0.717) is 0 Å². The van der Waals surface area contributed by atoms with Gasteiger partial charge in [0.2, 0.25) is 5.91 Å². The van der Waals surface area contributed by atoms with Gasteiger partial charge in [-0.1, -0.05) is 25.8 Å². The number of halogens is 1. The van der Waals surface area contributed by atoms with E-state index in [1.54, 1.807) is 12.1 Å². The quantitative estimate of drug-likeness (QED) is 0.871. The molecule has 0 saturated heterocycles. The lowest BCUT2D eigenvalue weighted by Crippen LogP contribution is -2.31. The summed E-state index contributed by atoms with van der Waals surface area (Å²) in [5.74, 6) is -0.728. The minimum atomic E-state index is -0.605. The highest BCUT2D eigenvalue weighted by atomic mass is 19.1. The minimum absolute atomic E-state index is 0.104. The topological polar surface area (TPSA) is 52.9 Å². The molecule has 4 heteroatoms. The van der Waals surface area contributed by atoms with Gasteiger partial charge in [-0.2, -0.15) is 5.26 Å². The third-order valence-corrected chi connectivity index (χ3v) is 3.63. The first-order valence-electron chi connectivity index (χ1n) is 6.07. The maximum atomic E-state index is 13.4. The summed E-state index contributed by atoms with van der Waals surface area (Å²) in [4.78, 5) is 12.2. The predicted molar refractivity (Wildman–Crippen MR) is 66.3 cm³/mol. The van der Waals surface area contributed by atoms with Crippen molar-refractivity contribution in [2.45, 2.75) is 32.6 Å². The Morgan fingerprint density at radius 2 is 2.11 bits per heavy atom. The molecule has 0 aromatic heterocycles. The average Bonchev–Trinajstić information content (AvgIpc) is 2.78. The summed E-state index contributed by atoms with van der Waals surface area (Å²) in [5, 5.41) is 11.6. The third kappa shape index (κ3) is 2.21. The molecule has 1 fully saturated rings. The molecule has 2 rings (SSSR count). The fourth-order valence-electron chi connectivity index (χ4n) is 2.40. The second-order valence-electron chi connectivity index (χ2n) is 5.00. The van der Waals surface area contributed by atoms with Crippen LogP contribution in [0.4, 0.5) is 10.1 Å². The van der Waals surface area contributed by atoms with Crippen molar-refractivity contribution >= 4 is 11.6 Å². The van der Waals surface area contributed by atoms with Gasteiger partial charge in [-0.3, -0.25) is 4.79 Å². The number of rotatable bonds is 2. The summed E-state index contributed by atoms with van der Waals surface area (Å²) >= 11 is 0. The molecule has 0 aliphatic heterocycles. The third-order valence-electron chi connectivity index (χ3n) is 3.63. The monoisotopic (exact) mass is 246 g/mol. The minimum Gasteiger partial charge on any atom is -0.324 e. The van der Waals surface area contributed by atoms with Crippen LogP contribution in [0.2, 0.25) is 0 Å². The Morgan fingerprint density at radius 3 is 2.72 bits per heavy atom. The zero-order chi connectivity index (χ0) is 13.2. The highest BCUT2D eigenvalue weighted by Gasteiger charge is 2.36. The lowest BCUT2D eigenvalue weighted by atomic mass is 9.87. The number of nitrogens with one attached hydrogen (secondary N) is 1. The summed E-state index contributed by atoms with van der Waals surface area (Å²) in [6.45, 7) is 1.92. The lowest BCUT2D eigenvalue weighted by molar-refractivity contribution is -0.124. The van der Waals surface area contributed by atoms with Crippen LogP contribution in [0.15, 0.2) is 18.2 Å². The fraction of sp³-hybridized carbons (Fsp3) is 0.429. The molecule has 1 aromatic rings. The molecule has 1 N–H and O–H groups in total. The van der Waals surface area contributed by atoms with E-state index in [0.717, 1.165) is 25.7 Å². The molecule has 0 unspecified atom stereocenters. The molecule has 94 valence electrons. The van der Waals surface area contributed by atoms with Crippen LogP contribution in [0.25, 0.3) is 0 Å². The van der Waals surface area contributed by atoms with Crippen molar-refractivity contribution in [2.24, 2.45) is 5.41 Å². The average molecular weight is 246 g/mol. The smallest absolute Gasteiger partial charge is 0.230 e. The summed E-state index contributed by atoms with van der Waals surface area (Å²) in [5.41, 5.74) is -0.234. The van der Waals surface area contributed by atoms with Gasteiger partial charge in [0, 0.05) is 5.41 Å². The largest absolute Gasteiger partial charge is 0.324 e. The van der Waals surface area contributed by atoms with Crippen LogP contribution >= 0.6 is 0 Å². The fourth-order valence-corrected chi connectivity index (χ4v) is 2.40. The molecule has 18 heavy (non-hydrogen) atoms. The van der Waals surface area contributed by atoms with Crippen LogP contribution in [0.1, 0.15) is 38.2 Å². The van der Waals surface area contributed by atoms with Crippen molar-refractivity contribution in [2.75, 3.05) is 5.32 Å². The molecule has 0 atom stereocenters. The van der Waals surface area contributed by atoms with Crippen LogP contribution in [-0.4, -0.2) is 5.91 Å². The highest BCUT2D eigenvalue weighted by molar-refractivity contribution is 5.96. The highest BCUT2D eigenvalue weighted by Crippen LogP contribution is 2.38. The first-order valence-corrected chi connectivity index (χ1v) is 6.07. The maximum Gasteiger partial charge on any atom is 0.230 e. The van der Waals surface area contributed by atoms with Crippen molar-refractivity contribution in [3.63, 3.8) is 0 Å². The molecule has 1 aliphatic rings. The van der Waals surface area contributed by atoms with Crippen LogP contribution in [0.5, 0.6) is 0 Å². The molecule has 1 aromatic carbocycles. The van der Waals surface area contributed by atoms with Gasteiger partial charge >= 0.3 is 0 Å². The molecular formula is C14H15FN2O. The van der Waals surface area contributed by atoms with Crippen molar-refractivity contribution < 1.29 is 9.18 Å².